The van der Waals surface area contributed by atoms with E-state index in [-0.39, 0.29) is 5.91 Å². The summed E-state index contributed by atoms with van der Waals surface area (Å²) in [6.45, 7) is 5.45. The predicted octanol–water partition coefficient (Wildman–Crippen LogP) is 2.32. The normalized spacial score (nSPS) is 13.0. The minimum absolute atomic E-state index is 0.351. The van der Waals surface area contributed by atoms with Gasteiger partial charge in [-0.25, -0.2) is 0 Å². The van der Waals surface area contributed by atoms with Gasteiger partial charge in [-0.1, -0.05) is 32.9 Å². The Morgan fingerprint density at radius 3 is 2.23 bits per heavy atom. The van der Waals surface area contributed by atoms with Gasteiger partial charge in [0.1, 0.15) is 12.1 Å². The summed E-state index contributed by atoms with van der Waals surface area (Å²) < 4.78 is 1.53. The Balaban J connectivity index is 2.32. The molecular weight excluding hydrogens is 384 g/mol. The van der Waals surface area contributed by atoms with Crippen molar-refractivity contribution in [3.05, 3.63) is 48.3 Å². The highest BCUT2D eigenvalue weighted by Gasteiger charge is 2.35. The molecule has 0 radical (unpaired) electrons. The van der Waals surface area contributed by atoms with Gasteiger partial charge in [0.2, 0.25) is 11.8 Å². The van der Waals surface area contributed by atoms with Crippen molar-refractivity contribution in [3.63, 3.8) is 0 Å². The summed E-state index contributed by atoms with van der Waals surface area (Å²) in [7, 11) is 1.48. The standard InChI is InChI=1S/C22H26N4O4/c1-22(2,3)19(21(30)24-4)25-20(29)17(11-18(27)28)26-10-9-16(13-26)15-7-5-14(12-23)6-8-15/h5-10,13,17,19H,11H2,1-4H3,(H,24,30)(H,25,29)(H,27,28). The maximum absolute atomic E-state index is 13.0. The number of carboxylic acids is 1. The number of nitrogens with one attached hydrogen (secondary N) is 2. The van der Waals surface area contributed by atoms with Crippen molar-refractivity contribution >= 4 is 17.8 Å². The first-order chi connectivity index (χ1) is 14.1. The van der Waals surface area contributed by atoms with Crippen LogP contribution in [0.4, 0.5) is 0 Å². The minimum Gasteiger partial charge on any atom is -0.481 e. The van der Waals surface area contributed by atoms with E-state index in [4.69, 9.17) is 5.26 Å². The zero-order valence-electron chi connectivity index (χ0n) is 17.5. The third-order valence-corrected chi connectivity index (χ3v) is 4.75. The van der Waals surface area contributed by atoms with E-state index in [2.05, 4.69) is 16.7 Å². The number of likely N-dealkylation sites (N-methyl/N-ethyl adjacent to an activating group) is 1. The first-order valence-corrected chi connectivity index (χ1v) is 9.48. The Labute approximate surface area is 175 Å². The smallest absolute Gasteiger partial charge is 0.306 e. The quantitative estimate of drug-likeness (QED) is 0.646. The van der Waals surface area contributed by atoms with Gasteiger partial charge >= 0.3 is 5.97 Å². The molecular formula is C22H26N4O4. The Kier molecular flexibility index (Phi) is 7.01. The number of benzene rings is 1. The molecule has 0 fully saturated rings. The average Bonchev–Trinajstić information content (AvgIpc) is 3.18. The van der Waals surface area contributed by atoms with E-state index < -0.39 is 35.8 Å². The lowest BCUT2D eigenvalue weighted by atomic mass is 9.86. The van der Waals surface area contributed by atoms with E-state index in [1.165, 1.54) is 11.6 Å². The van der Waals surface area contributed by atoms with Crippen molar-refractivity contribution in [2.24, 2.45) is 5.41 Å². The van der Waals surface area contributed by atoms with Crippen LogP contribution < -0.4 is 10.6 Å². The number of carbonyl (C=O) groups is 3. The van der Waals surface area contributed by atoms with Gasteiger partial charge in [0.15, 0.2) is 0 Å². The van der Waals surface area contributed by atoms with Crippen molar-refractivity contribution in [1.29, 1.82) is 5.26 Å². The van der Waals surface area contributed by atoms with Gasteiger partial charge in [0.25, 0.3) is 0 Å². The second kappa shape index (κ2) is 9.27. The molecule has 0 aliphatic rings. The maximum Gasteiger partial charge on any atom is 0.306 e. The van der Waals surface area contributed by atoms with Gasteiger partial charge < -0.3 is 20.3 Å². The van der Waals surface area contributed by atoms with Crippen molar-refractivity contribution in [2.75, 3.05) is 7.05 Å². The van der Waals surface area contributed by atoms with Gasteiger partial charge in [-0.15, -0.1) is 0 Å². The number of amides is 2. The molecule has 2 aromatic rings. The van der Waals surface area contributed by atoms with E-state index in [0.29, 0.717) is 5.56 Å². The van der Waals surface area contributed by atoms with Crippen LogP contribution in [0.1, 0.15) is 38.8 Å². The zero-order chi connectivity index (χ0) is 22.5. The lowest BCUT2D eigenvalue weighted by Crippen LogP contribution is -2.54. The number of carbonyl (C=O) groups excluding carboxylic acids is 2. The molecule has 2 amide bonds. The lowest BCUT2D eigenvalue weighted by Gasteiger charge is -2.31. The van der Waals surface area contributed by atoms with Crippen LogP contribution in [0.5, 0.6) is 0 Å². The Morgan fingerprint density at radius 2 is 1.73 bits per heavy atom. The monoisotopic (exact) mass is 410 g/mol. The van der Waals surface area contributed by atoms with E-state index >= 15 is 0 Å². The summed E-state index contributed by atoms with van der Waals surface area (Å²) in [4.78, 5) is 36.6. The van der Waals surface area contributed by atoms with Gasteiger partial charge in [-0.2, -0.15) is 5.26 Å². The molecule has 3 N–H and O–H groups in total. The predicted molar refractivity (Wildman–Crippen MR) is 111 cm³/mol. The molecule has 158 valence electrons. The van der Waals surface area contributed by atoms with Gasteiger partial charge in [0.05, 0.1) is 18.1 Å². The molecule has 0 saturated carbocycles. The van der Waals surface area contributed by atoms with Crippen molar-refractivity contribution < 1.29 is 19.5 Å². The van der Waals surface area contributed by atoms with Crippen molar-refractivity contribution in [2.45, 2.75) is 39.3 Å². The van der Waals surface area contributed by atoms with Crippen LogP contribution in [0, 0.1) is 16.7 Å². The van der Waals surface area contributed by atoms with Crippen LogP contribution in [-0.2, 0) is 14.4 Å². The molecule has 2 atom stereocenters. The summed E-state index contributed by atoms with van der Waals surface area (Å²) in [5, 5.41) is 23.5. The van der Waals surface area contributed by atoms with E-state index in [1.54, 1.807) is 42.7 Å². The van der Waals surface area contributed by atoms with Crippen LogP contribution in [0.25, 0.3) is 11.1 Å². The number of nitrogens with zero attached hydrogens (tertiary/aromatic N) is 2. The molecule has 0 saturated heterocycles. The summed E-state index contributed by atoms with van der Waals surface area (Å²) in [5.74, 6) is -2.03. The van der Waals surface area contributed by atoms with E-state index in [0.717, 1.165) is 11.1 Å². The number of carboxylic acid groups (broad SMARTS) is 1. The first-order valence-electron chi connectivity index (χ1n) is 9.48. The second-order valence-electron chi connectivity index (χ2n) is 8.07. The Morgan fingerprint density at radius 1 is 1.10 bits per heavy atom. The minimum atomic E-state index is -1.13. The van der Waals surface area contributed by atoms with Gasteiger partial charge in [0, 0.05) is 19.4 Å². The van der Waals surface area contributed by atoms with E-state index in [1.807, 2.05) is 20.8 Å². The summed E-state index contributed by atoms with van der Waals surface area (Å²) in [6.07, 6.45) is 2.88. The molecule has 8 nitrogen and oxygen atoms in total. The Hall–Kier alpha value is -3.60. The molecule has 1 heterocycles. The fraction of sp³-hybridized carbons (Fsp3) is 0.364. The third kappa shape index (κ3) is 5.47. The average molecular weight is 410 g/mol. The molecule has 2 unspecified atom stereocenters. The van der Waals surface area contributed by atoms with Crippen molar-refractivity contribution in [1.82, 2.24) is 15.2 Å². The zero-order valence-corrected chi connectivity index (χ0v) is 17.5. The van der Waals surface area contributed by atoms with Crippen LogP contribution in [-0.4, -0.2) is 40.5 Å². The second-order valence-corrected chi connectivity index (χ2v) is 8.07. The highest BCUT2D eigenvalue weighted by molar-refractivity contribution is 5.91. The highest BCUT2D eigenvalue weighted by Crippen LogP contribution is 2.25. The number of rotatable bonds is 7. The summed E-state index contributed by atoms with van der Waals surface area (Å²) >= 11 is 0. The molecule has 2 rings (SSSR count). The first kappa shape index (κ1) is 22.7. The van der Waals surface area contributed by atoms with Gasteiger partial charge in [-0.3, -0.25) is 14.4 Å². The van der Waals surface area contributed by atoms with Crippen LogP contribution in [0.15, 0.2) is 42.7 Å². The third-order valence-electron chi connectivity index (χ3n) is 4.75. The molecule has 0 aliphatic heterocycles. The summed E-state index contributed by atoms with van der Waals surface area (Å²) in [6, 6.07) is 8.92. The molecule has 8 heteroatoms. The fourth-order valence-electron chi connectivity index (χ4n) is 3.07. The number of aliphatic carboxylic acids is 1. The van der Waals surface area contributed by atoms with Crippen LogP contribution in [0.3, 0.4) is 0 Å². The van der Waals surface area contributed by atoms with E-state index in [9.17, 15) is 19.5 Å². The maximum atomic E-state index is 13.0. The molecule has 0 bridgehead atoms. The number of hydrogen-bond acceptors (Lipinski definition) is 4. The highest BCUT2D eigenvalue weighted by atomic mass is 16.4. The SMILES string of the molecule is CNC(=O)C(NC(=O)C(CC(=O)O)n1ccc(-c2ccc(C#N)cc2)c1)C(C)(C)C. The molecule has 0 spiro atoms. The topological polar surface area (TPSA) is 124 Å². The number of nitriles is 1. The number of aromatic nitrogens is 1. The Bertz CT molecular complexity index is 964. The fourth-order valence-corrected chi connectivity index (χ4v) is 3.07. The summed E-state index contributed by atoms with van der Waals surface area (Å²) in [5.41, 5.74) is 1.58. The van der Waals surface area contributed by atoms with Crippen LogP contribution >= 0.6 is 0 Å². The molecule has 0 aliphatic carbocycles. The van der Waals surface area contributed by atoms with Crippen LogP contribution in [0.2, 0.25) is 0 Å². The molecule has 1 aromatic heterocycles. The van der Waals surface area contributed by atoms with Crippen molar-refractivity contribution in [3.8, 4) is 17.2 Å². The molecule has 1 aromatic carbocycles. The largest absolute Gasteiger partial charge is 0.481 e. The number of hydrogen-bond donors (Lipinski definition) is 3. The molecule has 30 heavy (non-hydrogen) atoms. The van der Waals surface area contributed by atoms with Gasteiger partial charge in [-0.05, 0) is 34.7 Å². The lowest BCUT2D eigenvalue weighted by molar-refractivity contribution is -0.141.